The number of piperidine rings is 1. The van der Waals surface area contributed by atoms with Gasteiger partial charge in [-0.25, -0.2) is 4.39 Å². The van der Waals surface area contributed by atoms with Crippen LogP contribution in [-0.4, -0.2) is 29.9 Å². The Morgan fingerprint density at radius 2 is 1.42 bits per heavy atom. The molecule has 0 spiro atoms. The van der Waals surface area contributed by atoms with Crippen molar-refractivity contribution >= 4 is 11.6 Å². The van der Waals surface area contributed by atoms with Crippen molar-refractivity contribution in [1.29, 1.82) is 0 Å². The zero-order valence-electron chi connectivity index (χ0n) is 18.2. The van der Waals surface area contributed by atoms with Crippen LogP contribution in [0.15, 0.2) is 72.8 Å². The highest BCUT2D eigenvalue weighted by Gasteiger charge is 2.30. The SMILES string of the molecule is Cc1ccc(C(=O)N(c2ccc(C)cc2)C2CCN(Cc3ccc(F)cc3)CC2)cc1. The van der Waals surface area contributed by atoms with Crippen LogP contribution in [0.25, 0.3) is 0 Å². The average Bonchev–Trinajstić information content (AvgIpc) is 2.78. The largest absolute Gasteiger partial charge is 0.305 e. The van der Waals surface area contributed by atoms with E-state index in [0.29, 0.717) is 0 Å². The van der Waals surface area contributed by atoms with E-state index in [4.69, 9.17) is 0 Å². The maximum Gasteiger partial charge on any atom is 0.258 e. The number of carbonyl (C=O) groups excluding carboxylic acids is 1. The molecule has 0 unspecified atom stereocenters. The number of likely N-dealkylation sites (tertiary alicyclic amines) is 1. The summed E-state index contributed by atoms with van der Waals surface area (Å²) in [5, 5.41) is 0. The molecule has 3 nitrogen and oxygen atoms in total. The Bertz CT molecular complexity index is 1000. The number of halogens is 1. The highest BCUT2D eigenvalue weighted by molar-refractivity contribution is 6.06. The number of rotatable bonds is 5. The van der Waals surface area contributed by atoms with Gasteiger partial charge in [0.25, 0.3) is 5.91 Å². The van der Waals surface area contributed by atoms with Crippen LogP contribution < -0.4 is 4.90 Å². The van der Waals surface area contributed by atoms with Crippen molar-refractivity contribution < 1.29 is 9.18 Å². The van der Waals surface area contributed by atoms with Crippen LogP contribution in [0.1, 0.15) is 39.9 Å². The number of amides is 1. The van der Waals surface area contributed by atoms with E-state index < -0.39 is 0 Å². The Balaban J connectivity index is 1.50. The zero-order chi connectivity index (χ0) is 21.8. The summed E-state index contributed by atoms with van der Waals surface area (Å²) in [5.74, 6) is -0.147. The second-order valence-electron chi connectivity index (χ2n) is 8.51. The van der Waals surface area contributed by atoms with Crippen molar-refractivity contribution in [3.8, 4) is 0 Å². The molecule has 1 heterocycles. The lowest BCUT2D eigenvalue weighted by molar-refractivity contribution is 0.0958. The molecule has 0 aromatic heterocycles. The van der Waals surface area contributed by atoms with Gasteiger partial charge in [0.1, 0.15) is 5.82 Å². The van der Waals surface area contributed by atoms with Crippen molar-refractivity contribution in [2.45, 2.75) is 39.3 Å². The van der Waals surface area contributed by atoms with E-state index in [9.17, 15) is 9.18 Å². The standard InChI is InChI=1S/C27H29FN2O/c1-20-3-9-23(10-4-20)27(31)30(25-13-5-21(2)6-14-25)26-15-17-29(18-16-26)19-22-7-11-24(28)12-8-22/h3-14,26H,15-19H2,1-2H3. The van der Waals surface area contributed by atoms with E-state index in [1.54, 1.807) is 0 Å². The van der Waals surface area contributed by atoms with Crippen LogP contribution in [0.4, 0.5) is 10.1 Å². The van der Waals surface area contributed by atoms with Crippen molar-refractivity contribution in [2.75, 3.05) is 18.0 Å². The number of carbonyl (C=O) groups is 1. The first-order valence-electron chi connectivity index (χ1n) is 10.9. The van der Waals surface area contributed by atoms with Gasteiger partial charge in [0.05, 0.1) is 0 Å². The first kappa shape index (κ1) is 21.3. The van der Waals surface area contributed by atoms with E-state index in [1.165, 1.54) is 17.7 Å². The minimum absolute atomic E-state index is 0.0563. The molecule has 1 aliphatic rings. The topological polar surface area (TPSA) is 23.6 Å². The smallest absolute Gasteiger partial charge is 0.258 e. The van der Waals surface area contributed by atoms with E-state index in [2.05, 4.69) is 24.0 Å². The van der Waals surface area contributed by atoms with Gasteiger partial charge in [-0.2, -0.15) is 0 Å². The fourth-order valence-corrected chi connectivity index (χ4v) is 4.22. The third-order valence-corrected chi connectivity index (χ3v) is 6.07. The summed E-state index contributed by atoms with van der Waals surface area (Å²) in [7, 11) is 0. The number of hydrogen-bond donors (Lipinski definition) is 0. The average molecular weight is 417 g/mol. The van der Waals surface area contributed by atoms with E-state index in [1.807, 2.05) is 60.4 Å². The van der Waals surface area contributed by atoms with Crippen LogP contribution >= 0.6 is 0 Å². The van der Waals surface area contributed by atoms with Gasteiger partial charge in [0.2, 0.25) is 0 Å². The van der Waals surface area contributed by atoms with Crippen molar-refractivity contribution in [3.63, 3.8) is 0 Å². The predicted molar refractivity (Wildman–Crippen MR) is 124 cm³/mol. The van der Waals surface area contributed by atoms with Crippen molar-refractivity contribution in [3.05, 3.63) is 101 Å². The van der Waals surface area contributed by atoms with Crippen LogP contribution in [0.5, 0.6) is 0 Å². The molecule has 1 amide bonds. The third kappa shape index (κ3) is 5.20. The number of aryl methyl sites for hydroxylation is 2. The Labute approximate surface area is 184 Å². The van der Waals surface area contributed by atoms with Gasteiger partial charge in [0.15, 0.2) is 0 Å². The second-order valence-corrected chi connectivity index (χ2v) is 8.51. The highest BCUT2D eigenvalue weighted by Crippen LogP contribution is 2.27. The lowest BCUT2D eigenvalue weighted by Crippen LogP contribution is -2.47. The Hall–Kier alpha value is -2.98. The Kier molecular flexibility index (Phi) is 6.47. The fourth-order valence-electron chi connectivity index (χ4n) is 4.22. The van der Waals surface area contributed by atoms with Gasteiger partial charge in [-0.1, -0.05) is 47.5 Å². The molecule has 0 bridgehead atoms. The van der Waals surface area contributed by atoms with Gasteiger partial charge in [-0.3, -0.25) is 9.69 Å². The normalized spacial score (nSPS) is 15.1. The van der Waals surface area contributed by atoms with E-state index in [-0.39, 0.29) is 17.8 Å². The van der Waals surface area contributed by atoms with Gasteiger partial charge < -0.3 is 4.90 Å². The summed E-state index contributed by atoms with van der Waals surface area (Å²) < 4.78 is 13.2. The molecule has 1 fully saturated rings. The Morgan fingerprint density at radius 3 is 2.00 bits per heavy atom. The van der Waals surface area contributed by atoms with E-state index >= 15 is 0 Å². The molecule has 0 radical (unpaired) electrons. The van der Waals surface area contributed by atoms with E-state index in [0.717, 1.165) is 54.9 Å². The van der Waals surface area contributed by atoms with Gasteiger partial charge in [-0.15, -0.1) is 0 Å². The molecule has 160 valence electrons. The summed E-state index contributed by atoms with van der Waals surface area (Å²) >= 11 is 0. The van der Waals surface area contributed by atoms with Gasteiger partial charge in [-0.05, 0) is 68.7 Å². The molecule has 3 aromatic carbocycles. The summed E-state index contributed by atoms with van der Waals surface area (Å²) in [4.78, 5) is 17.9. The molecule has 3 aromatic rings. The molecular weight excluding hydrogens is 387 g/mol. The summed E-state index contributed by atoms with van der Waals surface area (Å²) in [6.45, 7) is 6.72. The van der Waals surface area contributed by atoms with Gasteiger partial charge in [0, 0.05) is 36.9 Å². The molecule has 4 rings (SSSR count). The molecule has 0 atom stereocenters. The monoisotopic (exact) mass is 416 g/mol. The van der Waals surface area contributed by atoms with Crippen LogP contribution in [0, 0.1) is 19.7 Å². The maximum absolute atomic E-state index is 13.5. The predicted octanol–water partition coefficient (Wildman–Crippen LogP) is 5.75. The lowest BCUT2D eigenvalue weighted by atomic mass is 9.99. The lowest BCUT2D eigenvalue weighted by Gasteiger charge is -2.38. The Morgan fingerprint density at radius 1 is 0.871 bits per heavy atom. The first-order valence-corrected chi connectivity index (χ1v) is 10.9. The molecular formula is C27H29FN2O. The third-order valence-electron chi connectivity index (χ3n) is 6.07. The van der Waals surface area contributed by atoms with Crippen molar-refractivity contribution in [1.82, 2.24) is 4.90 Å². The zero-order valence-corrected chi connectivity index (χ0v) is 18.2. The summed E-state index contributed by atoms with van der Waals surface area (Å²) in [6.07, 6.45) is 1.82. The van der Waals surface area contributed by atoms with Gasteiger partial charge >= 0.3 is 0 Å². The van der Waals surface area contributed by atoms with Crippen LogP contribution in [0.3, 0.4) is 0 Å². The minimum atomic E-state index is -0.203. The number of hydrogen-bond acceptors (Lipinski definition) is 2. The quantitative estimate of drug-likeness (QED) is 0.528. The maximum atomic E-state index is 13.5. The molecule has 1 saturated heterocycles. The summed E-state index contributed by atoms with van der Waals surface area (Å²) in [6, 6.07) is 22.9. The molecule has 1 aliphatic heterocycles. The minimum Gasteiger partial charge on any atom is -0.305 e. The molecule has 0 N–H and O–H groups in total. The van der Waals surface area contributed by atoms with Crippen LogP contribution in [-0.2, 0) is 6.54 Å². The first-order chi connectivity index (χ1) is 15.0. The summed E-state index contributed by atoms with van der Waals surface area (Å²) in [5.41, 5.74) is 5.12. The number of benzene rings is 3. The van der Waals surface area contributed by atoms with Crippen molar-refractivity contribution in [2.24, 2.45) is 0 Å². The highest BCUT2D eigenvalue weighted by atomic mass is 19.1. The second kappa shape index (κ2) is 9.44. The molecule has 4 heteroatoms. The number of anilines is 1. The van der Waals surface area contributed by atoms with Crippen LogP contribution in [0.2, 0.25) is 0 Å². The molecule has 0 aliphatic carbocycles. The fraction of sp³-hybridized carbons (Fsp3) is 0.296. The molecule has 31 heavy (non-hydrogen) atoms. The molecule has 0 saturated carbocycles. The number of nitrogens with zero attached hydrogens (tertiary/aromatic N) is 2.